The van der Waals surface area contributed by atoms with E-state index >= 15 is 0 Å². The zero-order valence-corrected chi connectivity index (χ0v) is 21.1. The normalized spacial score (nSPS) is 16.8. The SMILES string of the molecule is Cc1cn(-c2ccccc2)nc1C1(CNC(=O)c2ccc(F)c(F)c2-c2ccc(C(F)(F)F)cc2)NC(=O)NC1=O. The van der Waals surface area contributed by atoms with Crippen molar-refractivity contribution in [3.63, 3.8) is 0 Å². The topological polar surface area (TPSA) is 105 Å². The van der Waals surface area contributed by atoms with E-state index in [1.807, 2.05) is 0 Å². The lowest BCUT2D eigenvalue weighted by atomic mass is 9.92. The summed E-state index contributed by atoms with van der Waals surface area (Å²) in [5.41, 5.74) is -2.75. The van der Waals surface area contributed by atoms with Crippen molar-refractivity contribution in [1.29, 1.82) is 0 Å². The van der Waals surface area contributed by atoms with Crippen LogP contribution in [0.3, 0.4) is 0 Å². The third kappa shape index (κ3) is 5.01. The molecule has 4 amide bonds. The Morgan fingerprint density at radius 3 is 2.29 bits per heavy atom. The van der Waals surface area contributed by atoms with Crippen LogP contribution in [0.2, 0.25) is 0 Å². The molecule has 13 heteroatoms. The summed E-state index contributed by atoms with van der Waals surface area (Å²) in [7, 11) is 0. The largest absolute Gasteiger partial charge is 0.416 e. The van der Waals surface area contributed by atoms with Crippen LogP contribution in [-0.4, -0.2) is 34.2 Å². The van der Waals surface area contributed by atoms with Gasteiger partial charge in [0, 0.05) is 11.8 Å². The third-order valence-electron chi connectivity index (χ3n) is 6.62. The van der Waals surface area contributed by atoms with Gasteiger partial charge in [-0.15, -0.1) is 0 Å². The molecule has 2 heterocycles. The average Bonchev–Trinajstić information content (AvgIpc) is 3.47. The first-order chi connectivity index (χ1) is 19.4. The van der Waals surface area contributed by atoms with E-state index in [0.29, 0.717) is 29.4 Å². The minimum absolute atomic E-state index is 0.123. The quantitative estimate of drug-likeness (QED) is 0.233. The maximum Gasteiger partial charge on any atom is 0.416 e. The lowest BCUT2D eigenvalue weighted by molar-refractivity contribution is -0.137. The van der Waals surface area contributed by atoms with E-state index in [-0.39, 0.29) is 11.3 Å². The number of para-hydroxylation sites is 1. The molecule has 0 aliphatic carbocycles. The highest BCUT2D eigenvalue weighted by Crippen LogP contribution is 2.34. The Morgan fingerprint density at radius 1 is 1.00 bits per heavy atom. The van der Waals surface area contributed by atoms with Gasteiger partial charge in [0.05, 0.1) is 23.4 Å². The molecule has 8 nitrogen and oxygen atoms in total. The monoisotopic (exact) mass is 569 g/mol. The summed E-state index contributed by atoms with van der Waals surface area (Å²) >= 11 is 0. The first-order valence-corrected chi connectivity index (χ1v) is 12.1. The van der Waals surface area contributed by atoms with Crippen LogP contribution in [0.4, 0.5) is 26.7 Å². The number of halogens is 5. The maximum absolute atomic E-state index is 14.9. The molecule has 1 atom stereocenters. The zero-order chi connectivity index (χ0) is 29.5. The Morgan fingerprint density at radius 2 is 1.68 bits per heavy atom. The molecule has 41 heavy (non-hydrogen) atoms. The fourth-order valence-electron chi connectivity index (χ4n) is 4.62. The first kappa shape index (κ1) is 27.5. The number of nitrogens with zero attached hydrogens (tertiary/aromatic N) is 2. The average molecular weight is 569 g/mol. The van der Waals surface area contributed by atoms with Crippen LogP contribution in [0, 0.1) is 18.6 Å². The Balaban J connectivity index is 1.49. The molecule has 4 aromatic rings. The first-order valence-electron chi connectivity index (χ1n) is 12.1. The lowest BCUT2D eigenvalue weighted by Crippen LogP contribution is -2.53. The van der Waals surface area contributed by atoms with Gasteiger partial charge in [0.1, 0.15) is 5.69 Å². The second kappa shape index (κ2) is 10.2. The summed E-state index contributed by atoms with van der Waals surface area (Å²) in [6.07, 6.45) is -3.03. The summed E-state index contributed by atoms with van der Waals surface area (Å²) in [6, 6.07) is 12.9. The zero-order valence-electron chi connectivity index (χ0n) is 21.1. The molecule has 5 rings (SSSR count). The number of carbonyl (C=O) groups is 3. The summed E-state index contributed by atoms with van der Waals surface area (Å²) in [6.45, 7) is 1.11. The van der Waals surface area contributed by atoms with Crippen molar-refractivity contribution in [1.82, 2.24) is 25.7 Å². The van der Waals surface area contributed by atoms with Gasteiger partial charge in [0.2, 0.25) is 0 Å². The molecule has 1 aliphatic heterocycles. The maximum atomic E-state index is 14.9. The highest BCUT2D eigenvalue weighted by Gasteiger charge is 2.51. The molecule has 1 aliphatic rings. The fourth-order valence-corrected chi connectivity index (χ4v) is 4.62. The van der Waals surface area contributed by atoms with Gasteiger partial charge in [-0.05, 0) is 54.4 Å². The highest BCUT2D eigenvalue weighted by molar-refractivity contribution is 6.08. The molecule has 0 spiro atoms. The Hall–Kier alpha value is -5.07. The second-order valence-corrected chi connectivity index (χ2v) is 9.30. The number of hydrogen-bond acceptors (Lipinski definition) is 4. The number of alkyl halides is 3. The van der Waals surface area contributed by atoms with E-state index in [1.54, 1.807) is 43.5 Å². The van der Waals surface area contributed by atoms with Crippen molar-refractivity contribution in [2.75, 3.05) is 6.54 Å². The number of carbonyl (C=O) groups excluding carboxylic acids is 3. The standard InChI is InChI=1S/C28H20F5N5O3/c1-15-13-38(18-5-3-2-4-6-18)37-23(15)27(25(40)35-26(41)36-27)14-34-24(39)19-11-12-20(29)22(30)21(19)16-7-9-17(10-8-16)28(31,32)33/h2-13H,14H2,1H3,(H,34,39)(H2,35,36,40,41). The van der Waals surface area contributed by atoms with Crippen molar-refractivity contribution in [2.24, 2.45) is 0 Å². The van der Waals surface area contributed by atoms with Crippen LogP contribution < -0.4 is 16.0 Å². The van der Waals surface area contributed by atoms with Crippen LogP contribution >= 0.6 is 0 Å². The second-order valence-electron chi connectivity index (χ2n) is 9.30. The van der Waals surface area contributed by atoms with Crippen molar-refractivity contribution in [3.05, 3.63) is 107 Å². The van der Waals surface area contributed by atoms with Gasteiger partial charge in [0.15, 0.2) is 17.2 Å². The number of benzene rings is 3. The van der Waals surface area contributed by atoms with Gasteiger partial charge >= 0.3 is 12.2 Å². The van der Waals surface area contributed by atoms with Gasteiger partial charge in [-0.1, -0.05) is 30.3 Å². The van der Waals surface area contributed by atoms with Crippen molar-refractivity contribution >= 4 is 17.8 Å². The summed E-state index contributed by atoms with van der Waals surface area (Å²) in [5.74, 6) is -4.56. The summed E-state index contributed by atoms with van der Waals surface area (Å²) < 4.78 is 69.7. The van der Waals surface area contributed by atoms with Crippen LogP contribution in [0.25, 0.3) is 16.8 Å². The van der Waals surface area contributed by atoms with E-state index in [0.717, 1.165) is 18.2 Å². The van der Waals surface area contributed by atoms with Crippen LogP contribution in [0.5, 0.6) is 0 Å². The molecule has 1 saturated heterocycles. The summed E-state index contributed by atoms with van der Waals surface area (Å²) in [5, 5.41) is 11.6. The molecule has 3 aromatic carbocycles. The molecule has 3 N–H and O–H groups in total. The number of amides is 4. The van der Waals surface area contributed by atoms with Gasteiger partial charge in [-0.3, -0.25) is 14.9 Å². The number of aryl methyl sites for hydroxylation is 1. The molecule has 210 valence electrons. The molecule has 1 unspecified atom stereocenters. The lowest BCUT2D eigenvalue weighted by Gasteiger charge is -2.25. The predicted molar refractivity (Wildman–Crippen MR) is 136 cm³/mol. The Kier molecular flexibility index (Phi) is 6.81. The third-order valence-corrected chi connectivity index (χ3v) is 6.62. The van der Waals surface area contributed by atoms with Crippen molar-refractivity contribution in [3.8, 4) is 16.8 Å². The summed E-state index contributed by atoms with van der Waals surface area (Å²) in [4.78, 5) is 38.6. The number of nitrogens with one attached hydrogen (secondary N) is 3. The Bertz CT molecular complexity index is 1670. The number of rotatable bonds is 6. The van der Waals surface area contributed by atoms with E-state index in [4.69, 9.17) is 0 Å². The molecule has 1 aromatic heterocycles. The molecule has 0 saturated carbocycles. The fraction of sp³-hybridized carbons (Fsp3) is 0.143. The van der Waals surface area contributed by atoms with Gasteiger partial charge in [0.25, 0.3) is 11.8 Å². The molecular weight excluding hydrogens is 549 g/mol. The number of urea groups is 1. The highest BCUT2D eigenvalue weighted by atomic mass is 19.4. The van der Waals surface area contributed by atoms with E-state index < -0.39 is 64.4 Å². The number of imide groups is 1. The number of aromatic nitrogens is 2. The van der Waals surface area contributed by atoms with Crippen LogP contribution in [0.15, 0.2) is 72.9 Å². The van der Waals surface area contributed by atoms with Crippen molar-refractivity contribution in [2.45, 2.75) is 18.6 Å². The smallest absolute Gasteiger partial charge is 0.349 e. The van der Waals surface area contributed by atoms with E-state index in [9.17, 15) is 36.3 Å². The van der Waals surface area contributed by atoms with Gasteiger partial charge < -0.3 is 10.6 Å². The van der Waals surface area contributed by atoms with Gasteiger partial charge in [-0.2, -0.15) is 18.3 Å². The predicted octanol–water partition coefficient (Wildman–Crippen LogP) is 4.61. The van der Waals surface area contributed by atoms with E-state index in [2.05, 4.69) is 21.0 Å². The van der Waals surface area contributed by atoms with Crippen LogP contribution in [-0.2, 0) is 16.5 Å². The molecule has 0 bridgehead atoms. The van der Waals surface area contributed by atoms with Gasteiger partial charge in [-0.25, -0.2) is 18.3 Å². The van der Waals surface area contributed by atoms with Crippen molar-refractivity contribution < 1.29 is 36.3 Å². The molecule has 0 radical (unpaired) electrons. The minimum atomic E-state index is -4.66. The molecule has 1 fully saturated rings. The molecular formula is C28H20F5N5O3. The Labute approximate surface area is 229 Å². The van der Waals surface area contributed by atoms with E-state index in [1.165, 1.54) is 4.68 Å². The van der Waals surface area contributed by atoms with Crippen LogP contribution in [0.1, 0.15) is 27.2 Å². The minimum Gasteiger partial charge on any atom is -0.349 e. The number of hydrogen-bond donors (Lipinski definition) is 3.